The van der Waals surface area contributed by atoms with E-state index in [1.165, 1.54) is 17.3 Å². The Kier molecular flexibility index (Phi) is 6.18. The van der Waals surface area contributed by atoms with Gasteiger partial charge in [0.15, 0.2) is 0 Å². The van der Waals surface area contributed by atoms with Crippen LogP contribution in [0, 0.1) is 6.92 Å². The first kappa shape index (κ1) is 22.3. The van der Waals surface area contributed by atoms with Crippen LogP contribution in [0.2, 0.25) is 0 Å². The van der Waals surface area contributed by atoms with E-state index in [9.17, 15) is 4.79 Å². The zero-order chi connectivity index (χ0) is 23.7. The first-order valence-electron chi connectivity index (χ1n) is 11.1. The zero-order valence-electron chi connectivity index (χ0n) is 18.9. The highest BCUT2D eigenvalue weighted by Gasteiger charge is 2.36. The zero-order valence-corrected chi connectivity index (χ0v) is 20.5. The summed E-state index contributed by atoms with van der Waals surface area (Å²) >= 11 is 6.96. The number of para-hydroxylation sites is 1. The molecule has 0 spiro atoms. The molecule has 2 heterocycles. The van der Waals surface area contributed by atoms with Gasteiger partial charge in [-0.1, -0.05) is 102 Å². The van der Waals surface area contributed by atoms with Gasteiger partial charge in [0, 0.05) is 17.3 Å². The van der Waals surface area contributed by atoms with Crippen molar-refractivity contribution in [2.75, 3.05) is 0 Å². The molecule has 1 aliphatic heterocycles. The molecule has 1 unspecified atom stereocenters. The second kappa shape index (κ2) is 9.41. The summed E-state index contributed by atoms with van der Waals surface area (Å²) in [5, 5.41) is 4.87. The SMILES string of the molecule is Cc1ccc(-c2nn(-c3ccccc3)cc2C=C2SC(=S)N(C(C)c3ccccc3)C2=O)cc1. The van der Waals surface area contributed by atoms with E-state index in [-0.39, 0.29) is 11.9 Å². The number of aromatic nitrogens is 2. The Morgan fingerprint density at radius 2 is 1.59 bits per heavy atom. The lowest BCUT2D eigenvalue weighted by atomic mass is 10.1. The molecule has 1 saturated heterocycles. The lowest BCUT2D eigenvalue weighted by Crippen LogP contribution is -2.30. The van der Waals surface area contributed by atoms with Gasteiger partial charge in [-0.25, -0.2) is 4.68 Å². The van der Waals surface area contributed by atoms with E-state index in [4.69, 9.17) is 17.3 Å². The predicted octanol–water partition coefficient (Wildman–Crippen LogP) is 6.81. The number of aryl methyl sites for hydroxylation is 1. The van der Waals surface area contributed by atoms with Crippen molar-refractivity contribution in [2.24, 2.45) is 0 Å². The van der Waals surface area contributed by atoms with E-state index >= 15 is 0 Å². The summed E-state index contributed by atoms with van der Waals surface area (Å²) in [6.45, 7) is 4.07. The summed E-state index contributed by atoms with van der Waals surface area (Å²) in [6.07, 6.45) is 3.89. The predicted molar refractivity (Wildman–Crippen MR) is 144 cm³/mol. The average molecular weight is 482 g/mol. The van der Waals surface area contributed by atoms with Gasteiger partial charge in [0.25, 0.3) is 5.91 Å². The molecular formula is C28H23N3OS2. The summed E-state index contributed by atoms with van der Waals surface area (Å²) in [5.41, 5.74) is 5.90. The molecule has 1 atom stereocenters. The summed E-state index contributed by atoms with van der Waals surface area (Å²) in [7, 11) is 0. The number of carbonyl (C=O) groups is 1. The van der Waals surface area contributed by atoms with Crippen molar-refractivity contribution in [3.05, 3.63) is 113 Å². The quantitative estimate of drug-likeness (QED) is 0.232. The molecule has 0 bridgehead atoms. The van der Waals surface area contributed by atoms with E-state index in [0.29, 0.717) is 9.23 Å². The number of carbonyl (C=O) groups excluding carboxylic acids is 1. The molecule has 6 heteroatoms. The van der Waals surface area contributed by atoms with E-state index in [1.807, 2.05) is 84.5 Å². The van der Waals surface area contributed by atoms with E-state index in [2.05, 4.69) is 31.2 Å². The molecule has 34 heavy (non-hydrogen) atoms. The molecule has 5 rings (SSSR count). The summed E-state index contributed by atoms with van der Waals surface area (Å²) in [4.78, 5) is 15.7. The smallest absolute Gasteiger partial charge is 0.266 e. The van der Waals surface area contributed by atoms with Gasteiger partial charge in [0.2, 0.25) is 0 Å². The lowest BCUT2D eigenvalue weighted by molar-refractivity contribution is -0.123. The highest BCUT2D eigenvalue weighted by molar-refractivity contribution is 8.26. The van der Waals surface area contributed by atoms with Crippen LogP contribution in [0.15, 0.2) is 96.0 Å². The van der Waals surface area contributed by atoms with Crippen LogP contribution in [0.25, 0.3) is 23.0 Å². The number of hydrogen-bond acceptors (Lipinski definition) is 4. The van der Waals surface area contributed by atoms with Crippen LogP contribution in [-0.2, 0) is 4.79 Å². The van der Waals surface area contributed by atoms with Crippen LogP contribution < -0.4 is 0 Å². The standard InChI is InChI=1S/C28H23N3OS2/c1-19-13-15-22(16-14-19)26-23(18-30(29-26)24-11-7-4-8-12-24)17-25-27(32)31(28(33)34-25)20(2)21-9-5-3-6-10-21/h3-18,20H,1-2H3. The van der Waals surface area contributed by atoms with Crippen LogP contribution in [0.1, 0.15) is 29.7 Å². The maximum Gasteiger partial charge on any atom is 0.266 e. The van der Waals surface area contributed by atoms with Gasteiger partial charge in [0.05, 0.1) is 22.3 Å². The lowest BCUT2D eigenvalue weighted by Gasteiger charge is -2.23. The molecule has 1 aromatic heterocycles. The molecule has 0 saturated carbocycles. The molecule has 4 aromatic rings. The molecule has 1 fully saturated rings. The molecular weight excluding hydrogens is 458 g/mol. The third-order valence-corrected chi connectivity index (χ3v) is 7.20. The number of thiocarbonyl (C=S) groups is 1. The van der Waals surface area contributed by atoms with Crippen LogP contribution >= 0.6 is 24.0 Å². The molecule has 4 nitrogen and oxygen atoms in total. The van der Waals surface area contributed by atoms with E-state index in [0.717, 1.165) is 28.1 Å². The number of thioether (sulfide) groups is 1. The molecule has 1 amide bonds. The monoisotopic (exact) mass is 481 g/mol. The van der Waals surface area contributed by atoms with Gasteiger partial charge in [0.1, 0.15) is 4.32 Å². The van der Waals surface area contributed by atoms with Crippen LogP contribution in [0.3, 0.4) is 0 Å². The van der Waals surface area contributed by atoms with Gasteiger partial charge < -0.3 is 0 Å². The van der Waals surface area contributed by atoms with Crippen LogP contribution in [0.4, 0.5) is 0 Å². The fraction of sp³-hybridized carbons (Fsp3) is 0.107. The first-order valence-corrected chi connectivity index (χ1v) is 12.3. The van der Waals surface area contributed by atoms with Crippen molar-refractivity contribution < 1.29 is 4.79 Å². The van der Waals surface area contributed by atoms with Gasteiger partial charge in [-0.2, -0.15) is 5.10 Å². The maximum absolute atomic E-state index is 13.4. The van der Waals surface area contributed by atoms with Crippen LogP contribution in [0.5, 0.6) is 0 Å². The van der Waals surface area contributed by atoms with Gasteiger partial charge in [-0.15, -0.1) is 0 Å². The number of hydrogen-bond donors (Lipinski definition) is 0. The Labute approximate surface area is 208 Å². The summed E-state index contributed by atoms with van der Waals surface area (Å²) in [6, 6.07) is 28.1. The maximum atomic E-state index is 13.4. The Balaban J connectivity index is 1.54. The highest BCUT2D eigenvalue weighted by Crippen LogP contribution is 2.39. The third kappa shape index (κ3) is 4.34. The first-order chi connectivity index (χ1) is 16.5. The van der Waals surface area contributed by atoms with Crippen molar-refractivity contribution >= 4 is 40.3 Å². The minimum Gasteiger partial charge on any atom is -0.286 e. The van der Waals surface area contributed by atoms with Gasteiger partial charge in [-0.3, -0.25) is 9.69 Å². The fourth-order valence-corrected chi connectivity index (χ4v) is 5.39. The molecule has 0 N–H and O–H groups in total. The molecule has 168 valence electrons. The van der Waals surface area contributed by atoms with E-state index in [1.54, 1.807) is 4.90 Å². The molecule has 1 aliphatic rings. The largest absolute Gasteiger partial charge is 0.286 e. The topological polar surface area (TPSA) is 38.1 Å². The number of nitrogens with zero attached hydrogens (tertiary/aromatic N) is 3. The van der Waals surface area contributed by atoms with Crippen molar-refractivity contribution in [1.29, 1.82) is 0 Å². The number of rotatable bonds is 5. The molecule has 0 radical (unpaired) electrons. The Hall–Kier alpha value is -3.48. The number of amides is 1. The number of benzene rings is 3. The van der Waals surface area contributed by atoms with E-state index < -0.39 is 0 Å². The normalized spacial score (nSPS) is 15.8. The second-order valence-corrected chi connectivity index (χ2v) is 9.89. The highest BCUT2D eigenvalue weighted by atomic mass is 32.2. The Morgan fingerprint density at radius 1 is 0.941 bits per heavy atom. The minimum absolute atomic E-state index is 0.0753. The van der Waals surface area contributed by atoms with Crippen molar-refractivity contribution in [3.63, 3.8) is 0 Å². The minimum atomic E-state index is -0.136. The van der Waals surface area contributed by atoms with Crippen LogP contribution in [-0.4, -0.2) is 24.9 Å². The average Bonchev–Trinajstić information content (AvgIpc) is 3.41. The van der Waals surface area contributed by atoms with Gasteiger partial charge >= 0.3 is 0 Å². The second-order valence-electron chi connectivity index (χ2n) is 8.22. The van der Waals surface area contributed by atoms with Crippen molar-refractivity contribution in [1.82, 2.24) is 14.7 Å². The molecule has 3 aromatic carbocycles. The van der Waals surface area contributed by atoms with Crippen molar-refractivity contribution in [3.8, 4) is 16.9 Å². The Bertz CT molecular complexity index is 1380. The summed E-state index contributed by atoms with van der Waals surface area (Å²) < 4.78 is 2.42. The van der Waals surface area contributed by atoms with Crippen molar-refractivity contribution in [2.45, 2.75) is 19.9 Å². The Morgan fingerprint density at radius 3 is 2.26 bits per heavy atom. The van der Waals surface area contributed by atoms with Gasteiger partial charge in [-0.05, 0) is 37.6 Å². The summed E-state index contributed by atoms with van der Waals surface area (Å²) in [5.74, 6) is -0.0753. The molecule has 0 aliphatic carbocycles. The fourth-order valence-electron chi connectivity index (χ4n) is 3.98. The third-order valence-electron chi connectivity index (χ3n) is 5.87.